The van der Waals surface area contributed by atoms with Gasteiger partial charge in [0.05, 0.1) is 21.6 Å². The van der Waals surface area contributed by atoms with Gasteiger partial charge < -0.3 is 9.64 Å². The highest BCUT2D eigenvalue weighted by Gasteiger charge is 2.21. The molecule has 0 spiro atoms. The number of amides is 1. The Hall–Kier alpha value is -2.73. The van der Waals surface area contributed by atoms with Gasteiger partial charge in [0.1, 0.15) is 0 Å². The molecule has 1 aromatic heterocycles. The number of nitrogens with zero attached hydrogens (tertiary/aromatic N) is 2. The second-order valence-corrected chi connectivity index (χ2v) is 7.50. The summed E-state index contributed by atoms with van der Waals surface area (Å²) in [6.45, 7) is 2.09. The standard InChI is InChI=1S/C21H22N2O3S/c1-15(21(25)23(2)14-16-8-4-3-5-9-16)26-20(24)13-12-19-22-17-10-6-7-11-18(17)27-19/h3-11,15H,12-14H2,1-2H3/t15-/m0/s1. The van der Waals surface area contributed by atoms with E-state index in [1.54, 1.807) is 30.2 Å². The van der Waals surface area contributed by atoms with E-state index < -0.39 is 6.10 Å². The second-order valence-electron chi connectivity index (χ2n) is 6.39. The van der Waals surface area contributed by atoms with Crippen LogP contribution in [0.1, 0.15) is 23.9 Å². The van der Waals surface area contributed by atoms with Gasteiger partial charge in [-0.2, -0.15) is 0 Å². The Morgan fingerprint density at radius 3 is 2.56 bits per heavy atom. The van der Waals surface area contributed by atoms with Crippen LogP contribution in [0.15, 0.2) is 54.6 Å². The zero-order valence-electron chi connectivity index (χ0n) is 15.4. The van der Waals surface area contributed by atoms with E-state index in [0.717, 1.165) is 20.8 Å². The predicted octanol–water partition coefficient (Wildman–Crippen LogP) is 3.82. The first-order valence-electron chi connectivity index (χ1n) is 8.86. The topological polar surface area (TPSA) is 59.5 Å². The van der Waals surface area contributed by atoms with Gasteiger partial charge in [-0.3, -0.25) is 9.59 Å². The first kappa shape index (κ1) is 19.0. The van der Waals surface area contributed by atoms with Gasteiger partial charge in [0, 0.05) is 20.0 Å². The summed E-state index contributed by atoms with van der Waals surface area (Å²) in [4.78, 5) is 30.6. The Labute approximate surface area is 162 Å². The third kappa shape index (κ3) is 5.14. The highest BCUT2D eigenvalue weighted by atomic mass is 32.1. The van der Waals surface area contributed by atoms with E-state index in [0.29, 0.717) is 13.0 Å². The number of fused-ring (bicyclic) bond motifs is 1. The van der Waals surface area contributed by atoms with Gasteiger partial charge in [-0.05, 0) is 24.6 Å². The number of ether oxygens (including phenoxy) is 1. The minimum atomic E-state index is -0.804. The van der Waals surface area contributed by atoms with Crippen LogP contribution in [0.3, 0.4) is 0 Å². The number of benzene rings is 2. The van der Waals surface area contributed by atoms with Crippen molar-refractivity contribution in [1.82, 2.24) is 9.88 Å². The molecule has 3 rings (SSSR count). The lowest BCUT2D eigenvalue weighted by atomic mass is 10.2. The molecule has 0 fully saturated rings. The highest BCUT2D eigenvalue weighted by molar-refractivity contribution is 7.18. The van der Waals surface area contributed by atoms with Crippen LogP contribution < -0.4 is 0 Å². The molecule has 0 saturated carbocycles. The number of para-hydroxylation sites is 1. The normalized spacial score (nSPS) is 11.9. The number of carbonyl (C=O) groups excluding carboxylic acids is 2. The summed E-state index contributed by atoms with van der Waals surface area (Å²) in [7, 11) is 1.71. The van der Waals surface area contributed by atoms with E-state index in [4.69, 9.17) is 4.74 Å². The number of esters is 1. The Balaban J connectivity index is 1.48. The molecule has 0 aliphatic carbocycles. The van der Waals surface area contributed by atoms with Crippen molar-refractivity contribution < 1.29 is 14.3 Å². The van der Waals surface area contributed by atoms with E-state index in [2.05, 4.69) is 4.98 Å². The van der Waals surface area contributed by atoms with Gasteiger partial charge in [0.25, 0.3) is 5.91 Å². The van der Waals surface area contributed by atoms with E-state index in [9.17, 15) is 9.59 Å². The first-order valence-corrected chi connectivity index (χ1v) is 9.67. The van der Waals surface area contributed by atoms with Crippen LogP contribution in [-0.2, 0) is 27.3 Å². The molecule has 2 aromatic carbocycles. The van der Waals surface area contributed by atoms with Crippen LogP contribution in [0.2, 0.25) is 0 Å². The van der Waals surface area contributed by atoms with Crippen molar-refractivity contribution in [3.8, 4) is 0 Å². The molecule has 27 heavy (non-hydrogen) atoms. The monoisotopic (exact) mass is 382 g/mol. The molecule has 0 aliphatic rings. The maximum Gasteiger partial charge on any atom is 0.306 e. The van der Waals surface area contributed by atoms with Crippen molar-refractivity contribution in [3.63, 3.8) is 0 Å². The average molecular weight is 382 g/mol. The van der Waals surface area contributed by atoms with Crippen LogP contribution >= 0.6 is 11.3 Å². The summed E-state index contributed by atoms with van der Waals surface area (Å²) in [6.07, 6.45) is -0.0831. The summed E-state index contributed by atoms with van der Waals surface area (Å²) < 4.78 is 6.42. The van der Waals surface area contributed by atoms with Crippen LogP contribution in [0, 0.1) is 0 Å². The molecule has 0 unspecified atom stereocenters. The Morgan fingerprint density at radius 1 is 1.11 bits per heavy atom. The third-order valence-corrected chi connectivity index (χ3v) is 5.27. The molecule has 0 saturated heterocycles. The number of carbonyl (C=O) groups is 2. The molecule has 0 aliphatic heterocycles. The highest BCUT2D eigenvalue weighted by Crippen LogP contribution is 2.22. The summed E-state index contributed by atoms with van der Waals surface area (Å²) >= 11 is 1.58. The Morgan fingerprint density at radius 2 is 1.81 bits per heavy atom. The Kier molecular flexibility index (Phi) is 6.19. The molecule has 140 valence electrons. The number of hydrogen-bond donors (Lipinski definition) is 0. The van der Waals surface area contributed by atoms with Crippen molar-refractivity contribution in [2.75, 3.05) is 7.05 Å². The second kappa shape index (κ2) is 8.77. The van der Waals surface area contributed by atoms with Crippen LogP contribution in [0.4, 0.5) is 0 Å². The van der Waals surface area contributed by atoms with Gasteiger partial charge in [0.15, 0.2) is 6.10 Å². The first-order chi connectivity index (χ1) is 13.0. The molecule has 1 atom stereocenters. The fraction of sp³-hybridized carbons (Fsp3) is 0.286. The number of rotatable bonds is 7. The largest absolute Gasteiger partial charge is 0.453 e. The number of thiazole rings is 1. The molecular weight excluding hydrogens is 360 g/mol. The van der Waals surface area contributed by atoms with Crippen molar-refractivity contribution in [2.45, 2.75) is 32.4 Å². The number of hydrogen-bond acceptors (Lipinski definition) is 5. The van der Waals surface area contributed by atoms with Crippen molar-refractivity contribution in [3.05, 3.63) is 65.2 Å². The molecular formula is C21H22N2O3S. The smallest absolute Gasteiger partial charge is 0.306 e. The van der Waals surface area contributed by atoms with Crippen molar-refractivity contribution >= 4 is 33.4 Å². The molecule has 0 bridgehead atoms. The van der Waals surface area contributed by atoms with Crippen molar-refractivity contribution in [2.24, 2.45) is 0 Å². The summed E-state index contributed by atoms with van der Waals surface area (Å²) in [5.41, 5.74) is 1.97. The fourth-order valence-corrected chi connectivity index (χ4v) is 3.75. The molecule has 1 heterocycles. The lowest BCUT2D eigenvalue weighted by Crippen LogP contribution is -2.37. The molecule has 0 radical (unpaired) electrons. The summed E-state index contributed by atoms with van der Waals surface area (Å²) in [5, 5.41) is 0.897. The SMILES string of the molecule is C[C@H](OC(=O)CCc1nc2ccccc2s1)C(=O)N(C)Cc1ccccc1. The maximum absolute atomic E-state index is 12.4. The zero-order valence-corrected chi connectivity index (χ0v) is 16.2. The van der Waals surface area contributed by atoms with E-state index in [1.165, 1.54) is 0 Å². The van der Waals surface area contributed by atoms with Gasteiger partial charge in [-0.15, -0.1) is 11.3 Å². The lowest BCUT2D eigenvalue weighted by molar-refractivity contribution is -0.158. The fourth-order valence-electron chi connectivity index (χ4n) is 2.79. The zero-order chi connectivity index (χ0) is 19.2. The van der Waals surface area contributed by atoms with Gasteiger partial charge in [0.2, 0.25) is 0 Å². The number of likely N-dealkylation sites (N-methyl/N-ethyl adjacent to an activating group) is 1. The van der Waals surface area contributed by atoms with Crippen LogP contribution in [0.5, 0.6) is 0 Å². The van der Waals surface area contributed by atoms with Gasteiger partial charge in [-0.1, -0.05) is 42.5 Å². The molecule has 6 heteroatoms. The third-order valence-electron chi connectivity index (χ3n) is 4.18. The van der Waals surface area contributed by atoms with Gasteiger partial charge in [-0.25, -0.2) is 4.98 Å². The molecule has 0 N–H and O–H groups in total. The number of aromatic nitrogens is 1. The van der Waals surface area contributed by atoms with E-state index in [1.807, 2.05) is 54.6 Å². The predicted molar refractivity (Wildman–Crippen MR) is 106 cm³/mol. The summed E-state index contributed by atoms with van der Waals surface area (Å²) in [6, 6.07) is 17.6. The average Bonchev–Trinajstić information content (AvgIpc) is 3.09. The minimum absolute atomic E-state index is 0.208. The van der Waals surface area contributed by atoms with Crippen LogP contribution in [-0.4, -0.2) is 34.9 Å². The maximum atomic E-state index is 12.4. The molecule has 3 aromatic rings. The molecule has 5 nitrogen and oxygen atoms in total. The summed E-state index contributed by atoms with van der Waals surface area (Å²) in [5.74, 6) is -0.601. The van der Waals surface area contributed by atoms with Crippen molar-refractivity contribution in [1.29, 1.82) is 0 Å². The lowest BCUT2D eigenvalue weighted by Gasteiger charge is -2.21. The molecule has 1 amide bonds. The van der Waals surface area contributed by atoms with Crippen LogP contribution in [0.25, 0.3) is 10.2 Å². The van der Waals surface area contributed by atoms with Gasteiger partial charge >= 0.3 is 5.97 Å². The quantitative estimate of drug-likeness (QED) is 0.583. The van der Waals surface area contributed by atoms with E-state index >= 15 is 0 Å². The van der Waals surface area contributed by atoms with E-state index in [-0.39, 0.29) is 18.3 Å². The number of aryl methyl sites for hydroxylation is 1. The Bertz CT molecular complexity index is 890. The minimum Gasteiger partial charge on any atom is -0.453 e.